The number of ether oxygens (including phenoxy) is 2. The molecular formula is C13H12O3. The molecule has 1 aromatic carbocycles. The quantitative estimate of drug-likeness (QED) is 0.493. The first kappa shape index (κ1) is 10.6. The smallest absolute Gasteiger partial charge is 0.426 e. The lowest BCUT2D eigenvalue weighted by molar-refractivity contribution is 0.101. The number of hydrogen-bond donors (Lipinski definition) is 0. The van der Waals surface area contributed by atoms with Crippen molar-refractivity contribution in [1.82, 2.24) is 0 Å². The zero-order valence-corrected chi connectivity index (χ0v) is 9.19. The van der Waals surface area contributed by atoms with Crippen LogP contribution in [0.15, 0.2) is 30.3 Å². The molecule has 1 saturated heterocycles. The van der Waals surface area contributed by atoms with Gasteiger partial charge in [0.15, 0.2) is 6.10 Å². The summed E-state index contributed by atoms with van der Waals surface area (Å²) in [5, 5.41) is 0. The van der Waals surface area contributed by atoms with Gasteiger partial charge in [0.1, 0.15) is 0 Å². The van der Waals surface area contributed by atoms with Crippen molar-refractivity contribution in [2.45, 2.75) is 25.6 Å². The lowest BCUT2D eigenvalue weighted by Crippen LogP contribution is -2.32. The van der Waals surface area contributed by atoms with Gasteiger partial charge in [0.25, 0.3) is 0 Å². The fourth-order valence-electron chi connectivity index (χ4n) is 1.38. The second-order valence-electron chi connectivity index (χ2n) is 3.84. The van der Waals surface area contributed by atoms with Crippen LogP contribution >= 0.6 is 0 Å². The fraction of sp³-hybridized carbons (Fsp3) is 0.308. The third-order valence-corrected chi connectivity index (χ3v) is 2.57. The number of cyclic esters (lactones) is 2. The Morgan fingerprint density at radius 3 is 2.56 bits per heavy atom. The molecule has 82 valence electrons. The van der Waals surface area contributed by atoms with Crippen LogP contribution in [-0.4, -0.2) is 17.9 Å². The molecule has 3 heteroatoms. The van der Waals surface area contributed by atoms with E-state index in [9.17, 15) is 4.79 Å². The normalized spacial score (nSPS) is 27.6. The lowest BCUT2D eigenvalue weighted by Gasteiger charge is -2.16. The Labute approximate surface area is 94.4 Å². The van der Waals surface area contributed by atoms with Crippen molar-refractivity contribution in [1.29, 1.82) is 0 Å². The van der Waals surface area contributed by atoms with E-state index in [0.29, 0.717) is 0 Å². The molecule has 0 aliphatic carbocycles. The number of hydrogen-bond acceptors (Lipinski definition) is 3. The Morgan fingerprint density at radius 1 is 1.31 bits per heavy atom. The molecule has 1 aliphatic rings. The third-order valence-electron chi connectivity index (χ3n) is 2.57. The summed E-state index contributed by atoms with van der Waals surface area (Å²) in [4.78, 5) is 11.0. The number of carbonyl (C=O) groups is 1. The van der Waals surface area contributed by atoms with E-state index in [1.165, 1.54) is 0 Å². The van der Waals surface area contributed by atoms with Crippen LogP contribution in [-0.2, 0) is 9.47 Å². The summed E-state index contributed by atoms with van der Waals surface area (Å²) in [7, 11) is 0. The maximum absolute atomic E-state index is 11.0. The van der Waals surface area contributed by atoms with Gasteiger partial charge in [-0.1, -0.05) is 24.1 Å². The van der Waals surface area contributed by atoms with Gasteiger partial charge in [-0.15, -0.1) is 0 Å². The molecule has 2 unspecified atom stereocenters. The molecule has 0 radical (unpaired) electrons. The molecule has 0 bridgehead atoms. The van der Waals surface area contributed by atoms with Crippen molar-refractivity contribution >= 4 is 6.16 Å². The number of rotatable bonds is 0. The minimum Gasteiger partial charge on any atom is -0.426 e. The van der Waals surface area contributed by atoms with Gasteiger partial charge in [0.05, 0.1) is 0 Å². The summed E-state index contributed by atoms with van der Waals surface area (Å²) in [5.74, 6) is 5.91. The van der Waals surface area contributed by atoms with Gasteiger partial charge in [-0.05, 0) is 31.9 Å². The summed E-state index contributed by atoms with van der Waals surface area (Å²) in [6.45, 7) is 3.52. The Hall–Kier alpha value is -1.95. The number of benzene rings is 1. The SMILES string of the molecule is CC1OC(=O)OC1(C)C#Cc1ccccc1. The lowest BCUT2D eigenvalue weighted by atomic mass is 10.0. The monoisotopic (exact) mass is 216 g/mol. The molecule has 2 rings (SSSR count). The van der Waals surface area contributed by atoms with Gasteiger partial charge in [0.2, 0.25) is 5.60 Å². The van der Waals surface area contributed by atoms with E-state index in [1.54, 1.807) is 13.8 Å². The minimum absolute atomic E-state index is 0.351. The van der Waals surface area contributed by atoms with E-state index in [-0.39, 0.29) is 6.10 Å². The van der Waals surface area contributed by atoms with E-state index in [2.05, 4.69) is 11.8 Å². The van der Waals surface area contributed by atoms with Crippen LogP contribution in [0.4, 0.5) is 4.79 Å². The van der Waals surface area contributed by atoms with Crippen LogP contribution in [0.25, 0.3) is 0 Å². The Morgan fingerprint density at radius 2 is 2.00 bits per heavy atom. The van der Waals surface area contributed by atoms with Gasteiger partial charge in [-0.2, -0.15) is 0 Å². The van der Waals surface area contributed by atoms with Crippen molar-refractivity contribution in [3.8, 4) is 11.8 Å². The highest BCUT2D eigenvalue weighted by Gasteiger charge is 2.43. The first-order valence-electron chi connectivity index (χ1n) is 5.08. The third kappa shape index (κ3) is 2.01. The van der Waals surface area contributed by atoms with E-state index >= 15 is 0 Å². The molecule has 1 aliphatic heterocycles. The average molecular weight is 216 g/mol. The van der Waals surface area contributed by atoms with E-state index in [1.807, 2.05) is 30.3 Å². The summed E-state index contributed by atoms with van der Waals surface area (Å²) in [6, 6.07) is 9.55. The maximum atomic E-state index is 11.0. The molecule has 0 N–H and O–H groups in total. The summed E-state index contributed by atoms with van der Waals surface area (Å²) < 4.78 is 9.95. The zero-order valence-electron chi connectivity index (χ0n) is 9.19. The minimum atomic E-state index is -0.854. The molecule has 3 nitrogen and oxygen atoms in total. The zero-order chi connectivity index (χ0) is 11.6. The summed E-state index contributed by atoms with van der Waals surface area (Å²) >= 11 is 0. The molecule has 1 heterocycles. The van der Waals surface area contributed by atoms with E-state index in [0.717, 1.165) is 5.56 Å². The van der Waals surface area contributed by atoms with Crippen LogP contribution in [0.3, 0.4) is 0 Å². The van der Waals surface area contributed by atoms with Crippen LogP contribution < -0.4 is 0 Å². The highest BCUT2D eigenvalue weighted by atomic mass is 16.8. The maximum Gasteiger partial charge on any atom is 0.510 e. The topological polar surface area (TPSA) is 35.5 Å². The second kappa shape index (κ2) is 3.90. The Balaban J connectivity index is 2.22. The largest absolute Gasteiger partial charge is 0.510 e. The molecule has 16 heavy (non-hydrogen) atoms. The molecular weight excluding hydrogens is 204 g/mol. The fourth-order valence-corrected chi connectivity index (χ4v) is 1.38. The molecule has 1 fully saturated rings. The van der Waals surface area contributed by atoms with Crippen LogP contribution in [0, 0.1) is 11.8 Å². The highest BCUT2D eigenvalue weighted by molar-refractivity contribution is 5.64. The summed E-state index contributed by atoms with van der Waals surface area (Å²) in [6.07, 6.45) is -1.01. The van der Waals surface area contributed by atoms with E-state index in [4.69, 9.17) is 9.47 Å². The van der Waals surface area contributed by atoms with E-state index < -0.39 is 11.8 Å². The Bertz CT molecular complexity index is 455. The standard InChI is InChI=1S/C13H12O3/c1-10-13(2,16-12(14)15-10)9-8-11-6-4-3-5-7-11/h3-7,10H,1-2H3. The van der Waals surface area contributed by atoms with Gasteiger partial charge in [-0.25, -0.2) is 4.79 Å². The Kier molecular flexibility index (Phi) is 2.57. The van der Waals surface area contributed by atoms with Crippen molar-refractivity contribution < 1.29 is 14.3 Å². The molecule has 0 amide bonds. The van der Waals surface area contributed by atoms with Crippen molar-refractivity contribution in [2.24, 2.45) is 0 Å². The van der Waals surface area contributed by atoms with Crippen molar-refractivity contribution in [2.75, 3.05) is 0 Å². The molecule has 1 aromatic rings. The van der Waals surface area contributed by atoms with Crippen LogP contribution in [0.1, 0.15) is 19.4 Å². The van der Waals surface area contributed by atoms with Gasteiger partial charge in [0, 0.05) is 5.56 Å². The van der Waals surface area contributed by atoms with Crippen LogP contribution in [0.5, 0.6) is 0 Å². The molecule has 0 saturated carbocycles. The highest BCUT2D eigenvalue weighted by Crippen LogP contribution is 2.25. The molecule has 0 aromatic heterocycles. The van der Waals surface area contributed by atoms with Crippen LogP contribution in [0.2, 0.25) is 0 Å². The average Bonchev–Trinajstić information content (AvgIpc) is 2.52. The first-order chi connectivity index (χ1) is 7.60. The number of carbonyl (C=O) groups excluding carboxylic acids is 1. The second-order valence-corrected chi connectivity index (χ2v) is 3.84. The molecule has 0 spiro atoms. The van der Waals surface area contributed by atoms with Crippen molar-refractivity contribution in [3.63, 3.8) is 0 Å². The van der Waals surface area contributed by atoms with Crippen molar-refractivity contribution in [3.05, 3.63) is 35.9 Å². The first-order valence-corrected chi connectivity index (χ1v) is 5.08. The van der Waals surface area contributed by atoms with Gasteiger partial charge < -0.3 is 9.47 Å². The molecule has 2 atom stereocenters. The van der Waals surface area contributed by atoms with Gasteiger partial charge >= 0.3 is 6.16 Å². The van der Waals surface area contributed by atoms with Gasteiger partial charge in [-0.3, -0.25) is 0 Å². The predicted molar refractivity (Wildman–Crippen MR) is 58.8 cm³/mol. The predicted octanol–water partition coefficient (Wildman–Crippen LogP) is 2.35. The summed E-state index contributed by atoms with van der Waals surface area (Å²) in [5.41, 5.74) is 0.0336.